The second kappa shape index (κ2) is 7.74. The molecule has 1 aromatic heterocycles. The molecule has 0 aliphatic heterocycles. The predicted molar refractivity (Wildman–Crippen MR) is 73.9 cm³/mol. The third-order valence-electron chi connectivity index (χ3n) is 2.52. The first-order valence-electron chi connectivity index (χ1n) is 5.76. The molecule has 2 N–H and O–H groups in total. The van der Waals surface area contributed by atoms with Crippen LogP contribution >= 0.6 is 12.4 Å². The standard InChI is InChI=1S/C13H17N3O.ClH/c14-10-12-3-1-4-13(9-12)17-8-2-6-16-7-5-15-11-16;/h1,3-5,7,9,11H,2,6,8,10,14H2;1H. The van der Waals surface area contributed by atoms with Gasteiger partial charge in [0.15, 0.2) is 0 Å². The molecule has 4 nitrogen and oxygen atoms in total. The highest BCUT2D eigenvalue weighted by atomic mass is 35.5. The van der Waals surface area contributed by atoms with Gasteiger partial charge in [0.1, 0.15) is 5.75 Å². The summed E-state index contributed by atoms with van der Waals surface area (Å²) >= 11 is 0. The van der Waals surface area contributed by atoms with Crippen LogP contribution in [0.25, 0.3) is 0 Å². The molecule has 5 heteroatoms. The van der Waals surface area contributed by atoms with Gasteiger partial charge in [0.2, 0.25) is 0 Å². The van der Waals surface area contributed by atoms with Crippen molar-refractivity contribution >= 4 is 12.4 Å². The zero-order chi connectivity index (χ0) is 11.9. The quantitative estimate of drug-likeness (QED) is 0.817. The van der Waals surface area contributed by atoms with Crippen LogP contribution in [0.3, 0.4) is 0 Å². The Bertz CT molecular complexity index is 445. The van der Waals surface area contributed by atoms with Gasteiger partial charge in [-0.3, -0.25) is 0 Å². The maximum absolute atomic E-state index is 5.66. The maximum atomic E-state index is 5.66. The Morgan fingerprint density at radius 2 is 2.22 bits per heavy atom. The molecule has 18 heavy (non-hydrogen) atoms. The minimum Gasteiger partial charge on any atom is -0.494 e. The van der Waals surface area contributed by atoms with Gasteiger partial charge in [-0.2, -0.15) is 0 Å². The van der Waals surface area contributed by atoms with E-state index in [0.717, 1.165) is 24.3 Å². The second-order valence-corrected chi connectivity index (χ2v) is 3.85. The van der Waals surface area contributed by atoms with E-state index in [0.29, 0.717) is 13.2 Å². The normalized spacial score (nSPS) is 9.83. The topological polar surface area (TPSA) is 53.1 Å². The fourth-order valence-corrected chi connectivity index (χ4v) is 1.62. The molecule has 0 fully saturated rings. The van der Waals surface area contributed by atoms with Crippen LogP contribution in [0.2, 0.25) is 0 Å². The Morgan fingerprint density at radius 1 is 1.33 bits per heavy atom. The molecule has 0 aliphatic carbocycles. The fourth-order valence-electron chi connectivity index (χ4n) is 1.62. The smallest absolute Gasteiger partial charge is 0.119 e. The van der Waals surface area contributed by atoms with Gasteiger partial charge in [0.25, 0.3) is 0 Å². The van der Waals surface area contributed by atoms with Crippen LogP contribution in [-0.2, 0) is 13.1 Å². The van der Waals surface area contributed by atoms with Crippen molar-refractivity contribution in [2.75, 3.05) is 6.61 Å². The number of rotatable bonds is 6. The van der Waals surface area contributed by atoms with E-state index >= 15 is 0 Å². The SMILES string of the molecule is Cl.NCc1cccc(OCCCn2ccnc2)c1. The van der Waals surface area contributed by atoms with E-state index < -0.39 is 0 Å². The Kier molecular flexibility index (Phi) is 6.25. The van der Waals surface area contributed by atoms with Crippen LogP contribution in [0.15, 0.2) is 43.0 Å². The number of nitrogens with zero attached hydrogens (tertiary/aromatic N) is 2. The highest BCUT2D eigenvalue weighted by Gasteiger charge is 1.96. The summed E-state index contributed by atoms with van der Waals surface area (Å²) < 4.78 is 7.70. The van der Waals surface area contributed by atoms with E-state index in [1.807, 2.05) is 41.4 Å². The minimum absolute atomic E-state index is 0. The Balaban J connectivity index is 0.00000162. The number of aromatic nitrogens is 2. The van der Waals surface area contributed by atoms with Crippen LogP contribution in [0.5, 0.6) is 5.75 Å². The van der Waals surface area contributed by atoms with Crippen LogP contribution in [0, 0.1) is 0 Å². The van der Waals surface area contributed by atoms with Crippen molar-refractivity contribution in [1.29, 1.82) is 0 Å². The molecule has 2 rings (SSSR count). The Labute approximate surface area is 113 Å². The first-order chi connectivity index (χ1) is 8.38. The summed E-state index contributed by atoms with van der Waals surface area (Å²) in [4.78, 5) is 3.99. The minimum atomic E-state index is 0. The number of hydrogen-bond acceptors (Lipinski definition) is 3. The van der Waals surface area contributed by atoms with Crippen molar-refractivity contribution in [3.63, 3.8) is 0 Å². The number of ether oxygens (including phenoxy) is 1. The van der Waals surface area contributed by atoms with Gasteiger partial charge in [-0.05, 0) is 24.1 Å². The molecule has 0 radical (unpaired) electrons. The monoisotopic (exact) mass is 267 g/mol. The lowest BCUT2D eigenvalue weighted by Crippen LogP contribution is -2.03. The third-order valence-corrected chi connectivity index (χ3v) is 2.52. The molecule has 0 atom stereocenters. The number of halogens is 1. The van der Waals surface area contributed by atoms with Gasteiger partial charge in [0.05, 0.1) is 12.9 Å². The van der Waals surface area contributed by atoms with Gasteiger partial charge in [-0.1, -0.05) is 12.1 Å². The molecule has 0 amide bonds. The van der Waals surface area contributed by atoms with E-state index in [9.17, 15) is 0 Å². The number of hydrogen-bond donors (Lipinski definition) is 1. The molecule has 2 aromatic rings. The molecular weight excluding hydrogens is 250 g/mol. The van der Waals surface area contributed by atoms with Crippen LogP contribution in [-0.4, -0.2) is 16.2 Å². The van der Waals surface area contributed by atoms with Gasteiger partial charge in [-0.25, -0.2) is 4.98 Å². The van der Waals surface area contributed by atoms with E-state index in [2.05, 4.69) is 4.98 Å². The summed E-state index contributed by atoms with van der Waals surface area (Å²) in [7, 11) is 0. The van der Waals surface area contributed by atoms with Gasteiger partial charge in [0, 0.05) is 25.5 Å². The number of benzene rings is 1. The largest absolute Gasteiger partial charge is 0.494 e. The van der Waals surface area contributed by atoms with Crippen LogP contribution in [0.4, 0.5) is 0 Å². The fraction of sp³-hybridized carbons (Fsp3) is 0.308. The number of aryl methyl sites for hydroxylation is 1. The third kappa shape index (κ3) is 4.39. The van der Waals surface area contributed by atoms with Crippen LogP contribution < -0.4 is 10.5 Å². The highest BCUT2D eigenvalue weighted by molar-refractivity contribution is 5.85. The highest BCUT2D eigenvalue weighted by Crippen LogP contribution is 2.13. The van der Waals surface area contributed by atoms with E-state index in [-0.39, 0.29) is 12.4 Å². The lowest BCUT2D eigenvalue weighted by molar-refractivity contribution is 0.301. The molecule has 0 saturated carbocycles. The summed E-state index contributed by atoms with van der Waals surface area (Å²) in [6.45, 7) is 2.18. The van der Waals surface area contributed by atoms with Crippen molar-refractivity contribution in [1.82, 2.24) is 9.55 Å². The second-order valence-electron chi connectivity index (χ2n) is 3.85. The Hall–Kier alpha value is -1.52. The molecule has 1 aromatic carbocycles. The van der Waals surface area contributed by atoms with Crippen molar-refractivity contribution in [3.8, 4) is 5.75 Å². The van der Waals surface area contributed by atoms with Gasteiger partial charge < -0.3 is 15.0 Å². The lowest BCUT2D eigenvalue weighted by atomic mass is 10.2. The summed E-state index contributed by atoms with van der Waals surface area (Å²) in [6.07, 6.45) is 6.51. The molecule has 0 spiro atoms. The van der Waals surface area contributed by atoms with Gasteiger partial charge >= 0.3 is 0 Å². The first kappa shape index (κ1) is 14.5. The van der Waals surface area contributed by atoms with Crippen molar-refractivity contribution < 1.29 is 4.74 Å². The van der Waals surface area contributed by atoms with Crippen LogP contribution in [0.1, 0.15) is 12.0 Å². The lowest BCUT2D eigenvalue weighted by Gasteiger charge is -2.07. The molecule has 0 bridgehead atoms. The zero-order valence-corrected chi connectivity index (χ0v) is 11.0. The molecule has 0 aliphatic rings. The van der Waals surface area contributed by atoms with E-state index in [1.54, 1.807) is 6.20 Å². The van der Waals surface area contributed by atoms with Gasteiger partial charge in [-0.15, -0.1) is 12.4 Å². The predicted octanol–water partition coefficient (Wildman–Crippen LogP) is 2.23. The molecule has 98 valence electrons. The molecule has 1 heterocycles. The average Bonchev–Trinajstić information content (AvgIpc) is 2.88. The average molecular weight is 268 g/mol. The summed E-state index contributed by atoms with van der Waals surface area (Å²) in [5.41, 5.74) is 6.67. The molecular formula is C13H18ClN3O. The van der Waals surface area contributed by atoms with E-state index in [4.69, 9.17) is 10.5 Å². The van der Waals surface area contributed by atoms with Crippen molar-refractivity contribution in [2.45, 2.75) is 19.5 Å². The number of nitrogens with two attached hydrogens (primary N) is 1. The summed E-state index contributed by atoms with van der Waals surface area (Å²) in [5.74, 6) is 0.888. The summed E-state index contributed by atoms with van der Waals surface area (Å²) in [6, 6.07) is 7.90. The number of imidazole rings is 1. The first-order valence-corrected chi connectivity index (χ1v) is 5.76. The van der Waals surface area contributed by atoms with Crippen molar-refractivity contribution in [2.24, 2.45) is 5.73 Å². The Morgan fingerprint density at radius 3 is 2.94 bits per heavy atom. The van der Waals surface area contributed by atoms with E-state index in [1.165, 1.54) is 0 Å². The molecule has 0 unspecified atom stereocenters. The summed E-state index contributed by atoms with van der Waals surface area (Å²) in [5, 5.41) is 0. The van der Waals surface area contributed by atoms with Crippen molar-refractivity contribution in [3.05, 3.63) is 48.5 Å². The molecule has 0 saturated heterocycles. The zero-order valence-electron chi connectivity index (χ0n) is 10.2. The maximum Gasteiger partial charge on any atom is 0.119 e.